The van der Waals surface area contributed by atoms with E-state index < -0.39 is 5.97 Å². The predicted molar refractivity (Wildman–Crippen MR) is 67.9 cm³/mol. The smallest absolute Gasteiger partial charge is 0.320 e. The van der Waals surface area contributed by atoms with E-state index in [0.29, 0.717) is 12.0 Å². The molecule has 0 aliphatic heterocycles. The summed E-state index contributed by atoms with van der Waals surface area (Å²) in [5, 5.41) is 12.6. The molecule has 0 heterocycles. The Morgan fingerprint density at radius 3 is 2.59 bits per heavy atom. The Morgan fingerprint density at radius 2 is 2.00 bits per heavy atom. The average molecular weight is 239 g/mol. The number of nitrogens with one attached hydrogen (secondary N) is 1. The van der Waals surface area contributed by atoms with Crippen LogP contribution in [0.1, 0.15) is 58.3 Å². The molecule has 98 valence electrons. The summed E-state index contributed by atoms with van der Waals surface area (Å²) in [6.45, 7) is 2.27. The van der Waals surface area contributed by atoms with Crippen molar-refractivity contribution in [2.75, 3.05) is 0 Å². The molecule has 0 amide bonds. The Bertz CT molecular complexity index is 263. The van der Waals surface area contributed by atoms with Gasteiger partial charge < -0.3 is 10.4 Å². The van der Waals surface area contributed by atoms with E-state index in [9.17, 15) is 9.90 Å². The van der Waals surface area contributed by atoms with E-state index in [1.807, 2.05) is 0 Å². The van der Waals surface area contributed by atoms with Crippen LogP contribution in [0.4, 0.5) is 0 Å². The molecule has 2 aliphatic carbocycles. The van der Waals surface area contributed by atoms with Crippen molar-refractivity contribution in [3.05, 3.63) is 0 Å². The summed E-state index contributed by atoms with van der Waals surface area (Å²) in [7, 11) is 0. The van der Waals surface area contributed by atoms with E-state index >= 15 is 0 Å². The summed E-state index contributed by atoms with van der Waals surface area (Å²) >= 11 is 0. The lowest BCUT2D eigenvalue weighted by atomic mass is 9.97. The fourth-order valence-electron chi connectivity index (χ4n) is 3.05. The molecule has 0 radical (unpaired) electrons. The van der Waals surface area contributed by atoms with Crippen molar-refractivity contribution in [1.82, 2.24) is 5.32 Å². The second kappa shape index (κ2) is 5.85. The molecule has 0 aromatic heterocycles. The highest BCUT2D eigenvalue weighted by atomic mass is 16.4. The molecule has 3 atom stereocenters. The maximum absolute atomic E-state index is 11.2. The van der Waals surface area contributed by atoms with Crippen molar-refractivity contribution in [2.24, 2.45) is 11.8 Å². The lowest BCUT2D eigenvalue weighted by molar-refractivity contribution is -0.140. The number of hydrogen-bond acceptors (Lipinski definition) is 2. The van der Waals surface area contributed by atoms with Crippen molar-refractivity contribution in [1.29, 1.82) is 0 Å². The zero-order valence-corrected chi connectivity index (χ0v) is 10.8. The van der Waals surface area contributed by atoms with Crippen LogP contribution in [-0.2, 0) is 4.79 Å². The minimum atomic E-state index is -0.649. The first-order valence-electron chi connectivity index (χ1n) is 7.19. The number of hydrogen-bond donors (Lipinski definition) is 2. The van der Waals surface area contributed by atoms with Gasteiger partial charge in [-0.1, -0.05) is 26.2 Å². The highest BCUT2D eigenvalue weighted by Crippen LogP contribution is 2.34. The van der Waals surface area contributed by atoms with Crippen LogP contribution in [0.5, 0.6) is 0 Å². The maximum atomic E-state index is 11.2. The van der Waals surface area contributed by atoms with E-state index in [2.05, 4.69) is 12.2 Å². The monoisotopic (exact) mass is 239 g/mol. The standard InChI is InChI=1S/C14H25NO2/c1-2-10-4-3-5-12(9-6-10)15-13(14(16)17)11-7-8-11/h10-13,15H,2-9H2,1H3,(H,16,17). The van der Waals surface area contributed by atoms with Crippen LogP contribution < -0.4 is 5.32 Å². The third-order valence-electron chi connectivity index (χ3n) is 4.44. The molecule has 2 rings (SSSR count). The summed E-state index contributed by atoms with van der Waals surface area (Å²) in [5.74, 6) is 0.618. The van der Waals surface area contributed by atoms with Gasteiger partial charge >= 0.3 is 5.97 Å². The van der Waals surface area contributed by atoms with E-state index in [4.69, 9.17) is 0 Å². The molecule has 3 heteroatoms. The molecule has 0 aromatic rings. The topological polar surface area (TPSA) is 49.3 Å². The molecule has 0 spiro atoms. The number of carboxylic acid groups (broad SMARTS) is 1. The SMILES string of the molecule is CCC1CCCC(NC(C(=O)O)C2CC2)CC1. The zero-order valence-electron chi connectivity index (χ0n) is 10.8. The van der Waals surface area contributed by atoms with Gasteiger partial charge in [0.25, 0.3) is 0 Å². The van der Waals surface area contributed by atoms with E-state index in [-0.39, 0.29) is 6.04 Å². The molecule has 3 nitrogen and oxygen atoms in total. The molecule has 2 fully saturated rings. The molecule has 0 bridgehead atoms. The Balaban J connectivity index is 1.82. The van der Waals surface area contributed by atoms with Crippen LogP contribution in [0, 0.1) is 11.8 Å². The van der Waals surface area contributed by atoms with Crippen molar-refractivity contribution < 1.29 is 9.90 Å². The van der Waals surface area contributed by atoms with Crippen LogP contribution in [0.2, 0.25) is 0 Å². The summed E-state index contributed by atoms with van der Waals surface area (Å²) < 4.78 is 0. The van der Waals surface area contributed by atoms with Crippen LogP contribution in [-0.4, -0.2) is 23.2 Å². The minimum absolute atomic E-state index is 0.279. The lowest BCUT2D eigenvalue weighted by Crippen LogP contribution is -2.44. The van der Waals surface area contributed by atoms with Crippen molar-refractivity contribution in [3.8, 4) is 0 Å². The largest absolute Gasteiger partial charge is 0.480 e. The summed E-state index contributed by atoms with van der Waals surface area (Å²) in [6, 6.07) is 0.159. The number of aliphatic carboxylic acids is 1. The molecular formula is C14H25NO2. The van der Waals surface area contributed by atoms with Gasteiger partial charge in [-0.15, -0.1) is 0 Å². The molecule has 0 saturated heterocycles. The molecule has 2 N–H and O–H groups in total. The van der Waals surface area contributed by atoms with E-state index in [1.54, 1.807) is 0 Å². The van der Waals surface area contributed by atoms with Crippen LogP contribution >= 0.6 is 0 Å². The summed E-state index contributed by atoms with van der Waals surface area (Å²) in [6.07, 6.45) is 9.64. The van der Waals surface area contributed by atoms with Crippen molar-refractivity contribution in [3.63, 3.8) is 0 Å². The van der Waals surface area contributed by atoms with Gasteiger partial charge in [-0.2, -0.15) is 0 Å². The second-order valence-corrected chi connectivity index (χ2v) is 5.80. The molecule has 17 heavy (non-hydrogen) atoms. The average Bonchev–Trinajstić information content (AvgIpc) is 3.12. The fraction of sp³-hybridized carbons (Fsp3) is 0.929. The van der Waals surface area contributed by atoms with Gasteiger partial charge in [-0.25, -0.2) is 0 Å². The van der Waals surface area contributed by atoms with E-state index in [1.165, 1.54) is 25.7 Å². The molecule has 0 aromatic carbocycles. The lowest BCUT2D eigenvalue weighted by Gasteiger charge is -2.22. The number of carbonyl (C=O) groups is 1. The Morgan fingerprint density at radius 1 is 1.24 bits per heavy atom. The number of carboxylic acids is 1. The first-order valence-corrected chi connectivity index (χ1v) is 7.19. The molecule has 3 unspecified atom stereocenters. The van der Waals surface area contributed by atoms with Gasteiger partial charge in [-0.3, -0.25) is 4.79 Å². The zero-order chi connectivity index (χ0) is 12.3. The Labute approximate surface area is 104 Å². The van der Waals surface area contributed by atoms with Gasteiger partial charge in [0, 0.05) is 6.04 Å². The predicted octanol–water partition coefficient (Wildman–Crippen LogP) is 2.80. The van der Waals surface area contributed by atoms with Crippen LogP contribution in [0.15, 0.2) is 0 Å². The molecule has 2 aliphatic rings. The maximum Gasteiger partial charge on any atom is 0.320 e. The van der Waals surface area contributed by atoms with Crippen LogP contribution in [0.3, 0.4) is 0 Å². The minimum Gasteiger partial charge on any atom is -0.480 e. The fourth-order valence-corrected chi connectivity index (χ4v) is 3.05. The van der Waals surface area contributed by atoms with Gasteiger partial charge in [0.05, 0.1) is 0 Å². The third kappa shape index (κ3) is 3.70. The first kappa shape index (κ1) is 12.9. The molecular weight excluding hydrogens is 214 g/mol. The normalized spacial score (nSPS) is 31.8. The Hall–Kier alpha value is -0.570. The number of rotatable bonds is 5. The van der Waals surface area contributed by atoms with Crippen molar-refractivity contribution in [2.45, 2.75) is 70.4 Å². The quantitative estimate of drug-likeness (QED) is 0.725. The highest BCUT2D eigenvalue weighted by molar-refractivity contribution is 5.74. The summed E-state index contributed by atoms with van der Waals surface area (Å²) in [4.78, 5) is 11.2. The van der Waals surface area contributed by atoms with Gasteiger partial charge in [-0.05, 0) is 43.9 Å². The third-order valence-corrected chi connectivity index (χ3v) is 4.44. The molecule has 2 saturated carbocycles. The van der Waals surface area contributed by atoms with Crippen LogP contribution in [0.25, 0.3) is 0 Å². The van der Waals surface area contributed by atoms with Crippen molar-refractivity contribution >= 4 is 5.97 Å². The van der Waals surface area contributed by atoms with Gasteiger partial charge in [0.2, 0.25) is 0 Å². The highest BCUT2D eigenvalue weighted by Gasteiger charge is 2.37. The second-order valence-electron chi connectivity index (χ2n) is 5.80. The van der Waals surface area contributed by atoms with Gasteiger partial charge in [0.1, 0.15) is 6.04 Å². The van der Waals surface area contributed by atoms with E-state index in [0.717, 1.165) is 31.6 Å². The first-order chi connectivity index (χ1) is 8.20. The summed E-state index contributed by atoms with van der Waals surface area (Å²) in [5.41, 5.74) is 0. The Kier molecular flexibility index (Phi) is 4.43. The van der Waals surface area contributed by atoms with Gasteiger partial charge in [0.15, 0.2) is 0 Å².